The first-order valence-electron chi connectivity index (χ1n) is 3.77. The van der Waals surface area contributed by atoms with E-state index < -0.39 is 0 Å². The summed E-state index contributed by atoms with van der Waals surface area (Å²) in [5, 5.41) is 2.72. The van der Waals surface area contributed by atoms with Gasteiger partial charge in [0.05, 0.1) is 6.04 Å². The molecule has 2 nitrogen and oxygen atoms in total. The van der Waals surface area contributed by atoms with Crippen molar-refractivity contribution in [3.63, 3.8) is 0 Å². The van der Waals surface area contributed by atoms with Crippen LogP contribution in [0.4, 0.5) is 0 Å². The van der Waals surface area contributed by atoms with E-state index in [9.17, 15) is 4.79 Å². The molecule has 2 heteroatoms. The molecule has 0 aliphatic carbocycles. The predicted octanol–water partition coefficient (Wildman–Crippen LogP) is 1.64. The van der Waals surface area contributed by atoms with E-state index in [4.69, 9.17) is 0 Å². The first kappa shape index (κ1) is 9.95. The van der Waals surface area contributed by atoms with Crippen molar-refractivity contribution in [1.29, 1.82) is 0 Å². The zero-order valence-electron chi connectivity index (χ0n) is 7.13. The maximum atomic E-state index is 10.6. The van der Waals surface area contributed by atoms with Crippen LogP contribution < -0.4 is 5.32 Å². The molecule has 0 bridgehead atoms. The number of carbonyl (C=O) groups is 1. The van der Waals surface area contributed by atoms with Gasteiger partial charge >= 0.3 is 0 Å². The average Bonchev–Trinajstić information content (AvgIpc) is 1.97. The summed E-state index contributed by atoms with van der Waals surface area (Å²) in [6.07, 6.45) is 6.61. The second-order valence-electron chi connectivity index (χ2n) is 2.30. The second kappa shape index (κ2) is 5.71. The minimum absolute atomic E-state index is 0.0209. The van der Waals surface area contributed by atoms with E-state index in [1.807, 2.05) is 19.1 Å². The zero-order valence-corrected chi connectivity index (χ0v) is 7.13. The largest absolute Gasteiger partial charge is 0.347 e. The van der Waals surface area contributed by atoms with E-state index in [2.05, 4.69) is 11.9 Å². The first-order chi connectivity index (χ1) is 5.20. The van der Waals surface area contributed by atoms with Crippen molar-refractivity contribution in [2.45, 2.75) is 26.3 Å². The molecule has 0 fully saturated rings. The van der Waals surface area contributed by atoms with Crippen LogP contribution in [0, 0.1) is 0 Å². The quantitative estimate of drug-likeness (QED) is 0.611. The Morgan fingerprint density at radius 2 is 2.36 bits per heavy atom. The molecular formula is C9H15NO. The molecule has 11 heavy (non-hydrogen) atoms. The van der Waals surface area contributed by atoms with Gasteiger partial charge in [-0.1, -0.05) is 25.2 Å². The molecule has 0 saturated heterocycles. The Kier molecular flexibility index (Phi) is 5.17. The molecule has 1 amide bonds. The number of amides is 1. The van der Waals surface area contributed by atoms with Crippen molar-refractivity contribution in [3.8, 4) is 0 Å². The highest BCUT2D eigenvalue weighted by Gasteiger charge is 1.97. The fourth-order valence-corrected chi connectivity index (χ4v) is 0.703. The Morgan fingerprint density at radius 3 is 2.73 bits per heavy atom. The van der Waals surface area contributed by atoms with Crippen LogP contribution in [0.2, 0.25) is 0 Å². The summed E-state index contributed by atoms with van der Waals surface area (Å²) >= 11 is 0. The highest BCUT2D eigenvalue weighted by molar-refractivity contribution is 5.73. The highest BCUT2D eigenvalue weighted by atomic mass is 16.1. The molecule has 62 valence electrons. The van der Waals surface area contributed by atoms with E-state index in [0.717, 1.165) is 6.42 Å². The Bertz CT molecular complexity index is 161. The van der Waals surface area contributed by atoms with Gasteiger partial charge in [0.1, 0.15) is 0 Å². The number of nitrogens with one attached hydrogen (secondary N) is 1. The maximum Gasteiger partial charge on any atom is 0.217 e. The molecule has 0 heterocycles. The Labute approximate surface area is 68.0 Å². The fraction of sp³-hybridized carbons (Fsp3) is 0.444. The molecule has 0 aliphatic rings. The van der Waals surface area contributed by atoms with E-state index >= 15 is 0 Å². The molecule has 0 radical (unpaired) electrons. The van der Waals surface area contributed by atoms with Gasteiger partial charge in [0, 0.05) is 6.92 Å². The molecular weight excluding hydrogens is 138 g/mol. The van der Waals surface area contributed by atoms with Gasteiger partial charge in [-0.05, 0) is 6.42 Å². The van der Waals surface area contributed by atoms with Crippen LogP contribution in [0.15, 0.2) is 24.8 Å². The van der Waals surface area contributed by atoms with Gasteiger partial charge in [-0.2, -0.15) is 0 Å². The SMILES string of the molecule is C=CC(/C=C\CC)NC(C)=O. The first-order valence-corrected chi connectivity index (χ1v) is 3.77. The molecule has 1 unspecified atom stereocenters. The Morgan fingerprint density at radius 1 is 1.73 bits per heavy atom. The minimum atomic E-state index is -0.0318. The summed E-state index contributed by atoms with van der Waals surface area (Å²) in [4.78, 5) is 10.6. The molecule has 1 atom stereocenters. The monoisotopic (exact) mass is 153 g/mol. The topological polar surface area (TPSA) is 29.1 Å². The van der Waals surface area contributed by atoms with Crippen molar-refractivity contribution in [3.05, 3.63) is 24.8 Å². The number of allylic oxidation sites excluding steroid dienone is 1. The summed E-state index contributed by atoms with van der Waals surface area (Å²) in [5.74, 6) is -0.0318. The van der Waals surface area contributed by atoms with Gasteiger partial charge in [-0.15, -0.1) is 6.58 Å². The van der Waals surface area contributed by atoms with E-state index in [-0.39, 0.29) is 11.9 Å². The number of rotatable bonds is 4. The van der Waals surface area contributed by atoms with Gasteiger partial charge in [-0.25, -0.2) is 0 Å². The van der Waals surface area contributed by atoms with Crippen molar-refractivity contribution in [1.82, 2.24) is 5.32 Å². The van der Waals surface area contributed by atoms with Crippen LogP contribution in [0.3, 0.4) is 0 Å². The Hall–Kier alpha value is -1.05. The number of hydrogen-bond acceptors (Lipinski definition) is 1. The second-order valence-corrected chi connectivity index (χ2v) is 2.30. The summed E-state index contributed by atoms with van der Waals surface area (Å²) < 4.78 is 0. The van der Waals surface area contributed by atoms with Gasteiger partial charge in [0.2, 0.25) is 5.91 Å². The lowest BCUT2D eigenvalue weighted by atomic mass is 10.2. The lowest BCUT2D eigenvalue weighted by Crippen LogP contribution is -2.29. The normalized spacial score (nSPS) is 12.9. The van der Waals surface area contributed by atoms with Crippen LogP contribution in [-0.4, -0.2) is 11.9 Å². The Balaban J connectivity index is 3.85. The van der Waals surface area contributed by atoms with Gasteiger partial charge in [0.25, 0.3) is 0 Å². The van der Waals surface area contributed by atoms with E-state index in [1.165, 1.54) is 6.92 Å². The molecule has 0 saturated carbocycles. The average molecular weight is 153 g/mol. The van der Waals surface area contributed by atoms with E-state index in [1.54, 1.807) is 6.08 Å². The summed E-state index contributed by atoms with van der Waals surface area (Å²) in [6, 6.07) is -0.0209. The molecule has 0 aromatic carbocycles. The fourth-order valence-electron chi connectivity index (χ4n) is 0.703. The van der Waals surface area contributed by atoms with Gasteiger partial charge in [0.15, 0.2) is 0 Å². The third kappa shape index (κ3) is 5.40. The molecule has 0 aromatic heterocycles. The van der Waals surface area contributed by atoms with Gasteiger partial charge < -0.3 is 5.32 Å². The van der Waals surface area contributed by atoms with Crippen LogP contribution >= 0.6 is 0 Å². The molecule has 0 aromatic rings. The smallest absolute Gasteiger partial charge is 0.217 e. The van der Waals surface area contributed by atoms with Gasteiger partial charge in [-0.3, -0.25) is 4.79 Å². The predicted molar refractivity (Wildman–Crippen MR) is 47.2 cm³/mol. The highest BCUT2D eigenvalue weighted by Crippen LogP contribution is 1.89. The number of hydrogen-bond donors (Lipinski definition) is 1. The zero-order chi connectivity index (χ0) is 8.69. The van der Waals surface area contributed by atoms with Crippen molar-refractivity contribution < 1.29 is 4.79 Å². The van der Waals surface area contributed by atoms with Crippen molar-refractivity contribution in [2.75, 3.05) is 0 Å². The summed E-state index contributed by atoms with van der Waals surface area (Å²) in [7, 11) is 0. The summed E-state index contributed by atoms with van der Waals surface area (Å²) in [5.41, 5.74) is 0. The van der Waals surface area contributed by atoms with Crippen LogP contribution in [-0.2, 0) is 4.79 Å². The third-order valence-electron chi connectivity index (χ3n) is 1.20. The van der Waals surface area contributed by atoms with Crippen molar-refractivity contribution in [2.24, 2.45) is 0 Å². The third-order valence-corrected chi connectivity index (χ3v) is 1.20. The lowest BCUT2D eigenvalue weighted by Gasteiger charge is -2.06. The molecule has 0 aliphatic heterocycles. The molecule has 0 spiro atoms. The standard InChI is InChI=1S/C9H15NO/c1-4-6-7-9(5-2)10-8(3)11/h5-7,9H,2,4H2,1,3H3,(H,10,11)/b7-6-. The molecule has 0 rings (SSSR count). The van der Waals surface area contributed by atoms with Crippen LogP contribution in [0.1, 0.15) is 20.3 Å². The summed E-state index contributed by atoms with van der Waals surface area (Å²) in [6.45, 7) is 7.14. The lowest BCUT2D eigenvalue weighted by molar-refractivity contribution is -0.119. The minimum Gasteiger partial charge on any atom is -0.347 e. The molecule has 1 N–H and O–H groups in total. The van der Waals surface area contributed by atoms with E-state index in [0.29, 0.717) is 0 Å². The van der Waals surface area contributed by atoms with Crippen LogP contribution in [0.25, 0.3) is 0 Å². The van der Waals surface area contributed by atoms with Crippen molar-refractivity contribution >= 4 is 5.91 Å². The van der Waals surface area contributed by atoms with Crippen LogP contribution in [0.5, 0.6) is 0 Å². The maximum absolute atomic E-state index is 10.6. The number of carbonyl (C=O) groups excluding carboxylic acids is 1.